The van der Waals surface area contributed by atoms with Crippen molar-refractivity contribution in [3.05, 3.63) is 75.7 Å². The SMILES string of the molecule is CCCn1nc(C(=O)N2CCN(Cc3ccc(C#N)cc3)CC2)c2ccccc2c1=O. The molecule has 1 fully saturated rings. The van der Waals surface area contributed by atoms with Crippen molar-refractivity contribution >= 4 is 16.7 Å². The third-order valence-corrected chi connectivity index (χ3v) is 5.65. The predicted octanol–water partition coefficient (Wildman–Crippen LogP) is 2.64. The van der Waals surface area contributed by atoms with Crippen molar-refractivity contribution < 1.29 is 4.79 Å². The maximum absolute atomic E-state index is 13.3. The molecule has 1 aliphatic heterocycles. The Labute approximate surface area is 181 Å². The van der Waals surface area contributed by atoms with Crippen molar-refractivity contribution in [1.82, 2.24) is 19.6 Å². The molecule has 7 heteroatoms. The summed E-state index contributed by atoms with van der Waals surface area (Å²) in [5.74, 6) is -0.126. The van der Waals surface area contributed by atoms with Crippen molar-refractivity contribution in [3.63, 3.8) is 0 Å². The maximum Gasteiger partial charge on any atom is 0.275 e. The second kappa shape index (κ2) is 9.11. The minimum Gasteiger partial charge on any atom is -0.335 e. The Kier molecular flexibility index (Phi) is 6.10. The van der Waals surface area contributed by atoms with Gasteiger partial charge in [0.1, 0.15) is 0 Å². The number of benzene rings is 2. The molecular formula is C24H25N5O2. The van der Waals surface area contributed by atoms with Gasteiger partial charge in [0.2, 0.25) is 0 Å². The number of piperazine rings is 1. The number of aryl methyl sites for hydroxylation is 1. The van der Waals surface area contributed by atoms with E-state index in [2.05, 4.69) is 16.1 Å². The predicted molar refractivity (Wildman–Crippen MR) is 119 cm³/mol. The fourth-order valence-corrected chi connectivity index (χ4v) is 3.96. The van der Waals surface area contributed by atoms with E-state index in [1.807, 2.05) is 48.2 Å². The van der Waals surface area contributed by atoms with Crippen LogP contribution in [-0.2, 0) is 13.1 Å². The Bertz CT molecular complexity index is 1190. The zero-order valence-electron chi connectivity index (χ0n) is 17.6. The molecule has 2 aromatic carbocycles. The summed E-state index contributed by atoms with van der Waals surface area (Å²) in [6.07, 6.45) is 0.771. The highest BCUT2D eigenvalue weighted by Crippen LogP contribution is 2.17. The largest absolute Gasteiger partial charge is 0.335 e. The zero-order chi connectivity index (χ0) is 21.8. The average molecular weight is 415 g/mol. The first-order chi connectivity index (χ1) is 15.1. The zero-order valence-corrected chi connectivity index (χ0v) is 17.6. The number of carbonyl (C=O) groups is 1. The molecule has 1 aliphatic rings. The van der Waals surface area contributed by atoms with Gasteiger partial charge in [-0.15, -0.1) is 0 Å². The van der Waals surface area contributed by atoms with E-state index in [4.69, 9.17) is 5.26 Å². The van der Waals surface area contributed by atoms with Crippen molar-refractivity contribution in [3.8, 4) is 6.07 Å². The molecule has 0 bridgehead atoms. The molecule has 1 amide bonds. The van der Waals surface area contributed by atoms with Gasteiger partial charge in [0, 0.05) is 44.7 Å². The molecule has 0 spiro atoms. The summed E-state index contributed by atoms with van der Waals surface area (Å²) < 4.78 is 1.41. The maximum atomic E-state index is 13.3. The third kappa shape index (κ3) is 4.35. The van der Waals surface area contributed by atoms with E-state index in [1.54, 1.807) is 12.1 Å². The highest BCUT2D eigenvalue weighted by Gasteiger charge is 2.25. The summed E-state index contributed by atoms with van der Waals surface area (Å²) >= 11 is 0. The van der Waals surface area contributed by atoms with E-state index < -0.39 is 0 Å². The lowest BCUT2D eigenvalue weighted by molar-refractivity contribution is 0.0622. The van der Waals surface area contributed by atoms with Crippen LogP contribution in [0.2, 0.25) is 0 Å². The Morgan fingerprint density at radius 3 is 2.35 bits per heavy atom. The fraction of sp³-hybridized carbons (Fsp3) is 0.333. The number of hydrogen-bond donors (Lipinski definition) is 0. The first-order valence-electron chi connectivity index (χ1n) is 10.6. The number of fused-ring (bicyclic) bond motifs is 1. The molecule has 0 unspecified atom stereocenters. The number of amides is 1. The lowest BCUT2D eigenvalue weighted by Gasteiger charge is -2.34. The standard InChI is InChI=1S/C24H25N5O2/c1-2-11-29-23(30)21-6-4-3-5-20(21)22(26-29)24(31)28-14-12-27(13-15-28)17-19-9-7-18(16-25)8-10-19/h3-10H,2,11-15,17H2,1H3. The van der Waals surface area contributed by atoms with Crippen LogP contribution in [0.3, 0.4) is 0 Å². The van der Waals surface area contributed by atoms with Gasteiger partial charge in [-0.3, -0.25) is 14.5 Å². The number of aromatic nitrogens is 2. The molecule has 0 saturated carbocycles. The monoisotopic (exact) mass is 415 g/mol. The molecule has 0 atom stereocenters. The normalized spacial score (nSPS) is 14.5. The summed E-state index contributed by atoms with van der Waals surface area (Å²) in [5.41, 5.74) is 2.01. The summed E-state index contributed by atoms with van der Waals surface area (Å²) in [4.78, 5) is 30.1. The topological polar surface area (TPSA) is 82.2 Å². The second-order valence-corrected chi connectivity index (χ2v) is 7.80. The van der Waals surface area contributed by atoms with Crippen LogP contribution < -0.4 is 5.56 Å². The Hall–Kier alpha value is -3.50. The number of nitrogens with zero attached hydrogens (tertiary/aromatic N) is 5. The number of nitriles is 1. The van der Waals surface area contributed by atoms with Gasteiger partial charge in [-0.05, 0) is 30.2 Å². The van der Waals surface area contributed by atoms with Gasteiger partial charge < -0.3 is 4.90 Å². The van der Waals surface area contributed by atoms with Gasteiger partial charge in [0.05, 0.1) is 17.0 Å². The Morgan fingerprint density at radius 2 is 1.71 bits per heavy atom. The lowest BCUT2D eigenvalue weighted by atomic mass is 10.1. The Balaban J connectivity index is 1.49. The van der Waals surface area contributed by atoms with Gasteiger partial charge in [0.25, 0.3) is 11.5 Å². The number of carbonyl (C=O) groups excluding carboxylic acids is 1. The van der Waals surface area contributed by atoms with Crippen LogP contribution >= 0.6 is 0 Å². The minimum atomic E-state index is -0.152. The van der Waals surface area contributed by atoms with Crippen LogP contribution in [0.15, 0.2) is 53.3 Å². The van der Waals surface area contributed by atoms with E-state index in [9.17, 15) is 9.59 Å². The lowest BCUT2D eigenvalue weighted by Crippen LogP contribution is -2.48. The van der Waals surface area contributed by atoms with Gasteiger partial charge in [-0.2, -0.15) is 10.4 Å². The summed E-state index contributed by atoms with van der Waals surface area (Å²) in [6, 6.07) is 17.0. The van der Waals surface area contributed by atoms with Gasteiger partial charge in [0.15, 0.2) is 5.69 Å². The van der Waals surface area contributed by atoms with Crippen molar-refractivity contribution in [2.45, 2.75) is 26.4 Å². The van der Waals surface area contributed by atoms with Crippen molar-refractivity contribution in [2.75, 3.05) is 26.2 Å². The first kappa shape index (κ1) is 20.8. The molecule has 158 valence electrons. The van der Waals surface area contributed by atoms with Crippen LogP contribution in [0.5, 0.6) is 0 Å². The molecule has 4 rings (SSSR count). The molecule has 2 heterocycles. The quantitative estimate of drug-likeness (QED) is 0.640. The fourth-order valence-electron chi connectivity index (χ4n) is 3.96. The van der Waals surface area contributed by atoms with E-state index in [0.29, 0.717) is 41.7 Å². The number of rotatable bonds is 5. The molecule has 1 aromatic heterocycles. The van der Waals surface area contributed by atoms with Gasteiger partial charge in [-0.25, -0.2) is 4.68 Å². The van der Waals surface area contributed by atoms with Gasteiger partial charge in [-0.1, -0.05) is 37.3 Å². The van der Waals surface area contributed by atoms with Crippen molar-refractivity contribution in [2.24, 2.45) is 0 Å². The summed E-state index contributed by atoms with van der Waals surface area (Å²) in [7, 11) is 0. The molecule has 0 aliphatic carbocycles. The molecule has 7 nitrogen and oxygen atoms in total. The first-order valence-corrected chi connectivity index (χ1v) is 10.6. The highest BCUT2D eigenvalue weighted by molar-refractivity contribution is 6.04. The second-order valence-electron chi connectivity index (χ2n) is 7.80. The summed E-state index contributed by atoms with van der Waals surface area (Å²) in [5, 5.41) is 14.5. The minimum absolute atomic E-state index is 0.126. The van der Waals surface area contributed by atoms with E-state index in [-0.39, 0.29) is 11.5 Å². The third-order valence-electron chi connectivity index (χ3n) is 5.65. The average Bonchev–Trinajstić information content (AvgIpc) is 2.81. The Morgan fingerprint density at radius 1 is 1.03 bits per heavy atom. The number of hydrogen-bond acceptors (Lipinski definition) is 5. The molecule has 0 N–H and O–H groups in total. The van der Waals surface area contributed by atoms with Crippen LogP contribution in [0.25, 0.3) is 10.8 Å². The molecule has 1 saturated heterocycles. The van der Waals surface area contributed by atoms with E-state index in [1.165, 1.54) is 4.68 Å². The molecule has 0 radical (unpaired) electrons. The highest BCUT2D eigenvalue weighted by atomic mass is 16.2. The molecule has 31 heavy (non-hydrogen) atoms. The molecule has 3 aromatic rings. The van der Waals surface area contributed by atoms with Gasteiger partial charge >= 0.3 is 0 Å². The van der Waals surface area contributed by atoms with Crippen LogP contribution in [0.4, 0.5) is 0 Å². The summed E-state index contributed by atoms with van der Waals surface area (Å²) in [6.45, 7) is 6.00. The van der Waals surface area contributed by atoms with E-state index in [0.717, 1.165) is 31.6 Å². The van der Waals surface area contributed by atoms with Crippen molar-refractivity contribution in [1.29, 1.82) is 5.26 Å². The van der Waals surface area contributed by atoms with Crippen LogP contribution in [-0.4, -0.2) is 51.7 Å². The van der Waals surface area contributed by atoms with E-state index >= 15 is 0 Å². The van der Waals surface area contributed by atoms with Crippen LogP contribution in [0.1, 0.15) is 35.0 Å². The molecular weight excluding hydrogens is 390 g/mol. The van der Waals surface area contributed by atoms with Crippen LogP contribution in [0, 0.1) is 11.3 Å². The smallest absolute Gasteiger partial charge is 0.275 e.